The summed E-state index contributed by atoms with van der Waals surface area (Å²) in [5.74, 6) is -4.60. The largest absolute Gasteiger partial charge is 0.505 e. The number of esters is 2. The van der Waals surface area contributed by atoms with E-state index in [9.17, 15) is 40.2 Å². The van der Waals surface area contributed by atoms with Gasteiger partial charge in [-0.15, -0.1) is 0 Å². The Morgan fingerprint density at radius 3 is 2.29 bits per heavy atom. The summed E-state index contributed by atoms with van der Waals surface area (Å²) in [4.78, 5) is 22.8. The third kappa shape index (κ3) is 3.28. The lowest BCUT2D eigenvalue weighted by Gasteiger charge is -2.37. The predicted octanol–water partition coefficient (Wildman–Crippen LogP) is -4.06. The van der Waals surface area contributed by atoms with Crippen LogP contribution in [0, 0.1) is 0 Å². The highest BCUT2D eigenvalue weighted by Gasteiger charge is 2.47. The van der Waals surface area contributed by atoms with E-state index in [1.807, 2.05) is 0 Å². The molecule has 1 fully saturated rings. The molecule has 1 saturated heterocycles. The summed E-state index contributed by atoms with van der Waals surface area (Å²) in [6.45, 7) is -0.838. The number of hydrogen-bond donors (Lipinski definition) is 7. The Balaban J connectivity index is 1.92. The predicted molar refractivity (Wildman–Crippen MR) is 68.0 cm³/mol. The molecule has 0 bridgehead atoms. The first kappa shape index (κ1) is 18.4. The van der Waals surface area contributed by atoms with E-state index >= 15 is 0 Å². The third-order valence-electron chi connectivity index (χ3n) is 3.51. The summed E-state index contributed by atoms with van der Waals surface area (Å²) < 4.78 is 13.7. The van der Waals surface area contributed by atoms with E-state index in [0.29, 0.717) is 0 Å². The van der Waals surface area contributed by atoms with Crippen molar-refractivity contribution in [3.8, 4) is 0 Å². The van der Waals surface area contributed by atoms with Crippen LogP contribution in [0.5, 0.6) is 0 Å². The molecule has 2 aliphatic heterocycles. The molecule has 2 rings (SSSR count). The lowest BCUT2D eigenvalue weighted by Crippen LogP contribution is -2.60. The lowest BCUT2D eigenvalue weighted by molar-refractivity contribution is -0.281. The number of aliphatic hydroxyl groups excluding tert-OH is 7. The second kappa shape index (κ2) is 6.88. The van der Waals surface area contributed by atoms with Crippen molar-refractivity contribution in [3.05, 3.63) is 11.5 Å². The number of ether oxygens (including phenoxy) is 3. The summed E-state index contributed by atoms with van der Waals surface area (Å²) in [5, 5.41) is 65.8. The Labute approximate surface area is 133 Å². The first-order valence-corrected chi connectivity index (χ1v) is 6.70. The number of rotatable bonds is 4. The topological polar surface area (TPSA) is 203 Å². The van der Waals surface area contributed by atoms with Gasteiger partial charge in [0.2, 0.25) is 5.76 Å². The minimum atomic E-state index is -1.95. The first-order valence-electron chi connectivity index (χ1n) is 6.70. The highest BCUT2D eigenvalue weighted by Crippen LogP contribution is 2.23. The van der Waals surface area contributed by atoms with Gasteiger partial charge in [-0.25, -0.2) is 9.59 Å². The standard InChI is InChI=1S/C12H16O12/c13-2(8-5(16)7(18)11(20)23-8)1-22-12(21)9-4(15)3(14)6(17)10(19)24-9/h2-4,6,8-10,13-19H,1H2/t2-,3+,4+,6-,8-,9+,10-/m1/s1. The number of hydrogen-bond acceptors (Lipinski definition) is 12. The molecule has 7 atom stereocenters. The molecule has 0 amide bonds. The summed E-state index contributed by atoms with van der Waals surface area (Å²) in [6, 6.07) is 0. The maximum atomic E-state index is 11.8. The van der Waals surface area contributed by atoms with Crippen LogP contribution in [0.1, 0.15) is 0 Å². The van der Waals surface area contributed by atoms with Crippen molar-refractivity contribution in [1.82, 2.24) is 0 Å². The Morgan fingerprint density at radius 1 is 1.12 bits per heavy atom. The zero-order chi connectivity index (χ0) is 18.2. The van der Waals surface area contributed by atoms with Gasteiger partial charge in [-0.1, -0.05) is 0 Å². The van der Waals surface area contributed by atoms with Crippen molar-refractivity contribution in [2.75, 3.05) is 6.61 Å². The van der Waals surface area contributed by atoms with Gasteiger partial charge in [-0.05, 0) is 0 Å². The zero-order valence-electron chi connectivity index (χ0n) is 11.9. The molecule has 24 heavy (non-hydrogen) atoms. The van der Waals surface area contributed by atoms with Gasteiger partial charge in [0.15, 0.2) is 24.3 Å². The van der Waals surface area contributed by atoms with Crippen LogP contribution in [0.15, 0.2) is 11.5 Å². The summed E-state index contributed by atoms with van der Waals surface area (Å²) in [7, 11) is 0. The molecule has 0 aliphatic carbocycles. The molecule has 0 radical (unpaired) electrons. The SMILES string of the molecule is O=C1O[C@H]([C@H](O)COC(=O)[C@H]2O[C@@H](O)[C@H](O)[C@@H](O)[C@@H]2O)C(O)=C1O. The monoisotopic (exact) mass is 352 g/mol. The van der Waals surface area contributed by atoms with E-state index in [2.05, 4.69) is 14.2 Å². The molecule has 0 saturated carbocycles. The average Bonchev–Trinajstić information content (AvgIpc) is 2.81. The minimum Gasteiger partial charge on any atom is -0.505 e. The minimum absolute atomic E-state index is 0.838. The summed E-state index contributed by atoms with van der Waals surface area (Å²) in [6.07, 6.45) is -12.8. The first-order chi connectivity index (χ1) is 11.1. The van der Waals surface area contributed by atoms with Gasteiger partial charge in [0, 0.05) is 0 Å². The molecule has 2 heterocycles. The van der Waals surface area contributed by atoms with Crippen LogP contribution in [0.4, 0.5) is 0 Å². The Hall–Kier alpha value is -1.96. The van der Waals surface area contributed by atoms with Gasteiger partial charge in [0.05, 0.1) is 0 Å². The van der Waals surface area contributed by atoms with Crippen LogP contribution in [0.25, 0.3) is 0 Å². The van der Waals surface area contributed by atoms with E-state index in [1.54, 1.807) is 0 Å². The van der Waals surface area contributed by atoms with Crippen molar-refractivity contribution in [1.29, 1.82) is 0 Å². The van der Waals surface area contributed by atoms with Gasteiger partial charge in [-0.2, -0.15) is 0 Å². The molecular formula is C12H16O12. The van der Waals surface area contributed by atoms with Gasteiger partial charge in [0.25, 0.3) is 0 Å². The summed E-state index contributed by atoms with van der Waals surface area (Å²) in [5.41, 5.74) is 0. The van der Waals surface area contributed by atoms with Crippen molar-refractivity contribution < 1.29 is 59.5 Å². The van der Waals surface area contributed by atoms with Gasteiger partial charge < -0.3 is 50.0 Å². The molecule has 0 aromatic heterocycles. The second-order valence-corrected chi connectivity index (χ2v) is 5.18. The zero-order valence-corrected chi connectivity index (χ0v) is 11.9. The molecule has 12 nitrogen and oxygen atoms in total. The van der Waals surface area contributed by atoms with Crippen molar-refractivity contribution in [2.24, 2.45) is 0 Å². The molecule has 0 spiro atoms. The van der Waals surface area contributed by atoms with Crippen molar-refractivity contribution in [2.45, 2.75) is 42.9 Å². The van der Waals surface area contributed by atoms with Gasteiger partial charge in [0.1, 0.15) is 31.0 Å². The van der Waals surface area contributed by atoms with Crippen LogP contribution in [0.2, 0.25) is 0 Å². The smallest absolute Gasteiger partial charge is 0.377 e. The van der Waals surface area contributed by atoms with Crippen LogP contribution < -0.4 is 0 Å². The van der Waals surface area contributed by atoms with E-state index in [4.69, 9.17) is 5.11 Å². The van der Waals surface area contributed by atoms with Gasteiger partial charge >= 0.3 is 11.9 Å². The molecule has 136 valence electrons. The number of cyclic esters (lactones) is 1. The maximum Gasteiger partial charge on any atom is 0.377 e. The third-order valence-corrected chi connectivity index (χ3v) is 3.51. The van der Waals surface area contributed by atoms with Crippen LogP contribution in [-0.2, 0) is 23.8 Å². The van der Waals surface area contributed by atoms with Crippen LogP contribution in [0.3, 0.4) is 0 Å². The maximum absolute atomic E-state index is 11.8. The quantitative estimate of drug-likeness (QED) is 0.241. The fourth-order valence-electron chi connectivity index (χ4n) is 2.12. The Bertz CT molecular complexity index is 544. The second-order valence-electron chi connectivity index (χ2n) is 5.18. The van der Waals surface area contributed by atoms with Gasteiger partial charge in [-0.3, -0.25) is 0 Å². The molecular weight excluding hydrogens is 336 g/mol. The molecule has 0 aromatic rings. The Kier molecular flexibility index (Phi) is 5.27. The molecule has 7 N–H and O–H groups in total. The van der Waals surface area contributed by atoms with Crippen LogP contribution >= 0.6 is 0 Å². The van der Waals surface area contributed by atoms with Crippen molar-refractivity contribution in [3.63, 3.8) is 0 Å². The highest BCUT2D eigenvalue weighted by molar-refractivity contribution is 5.89. The average molecular weight is 352 g/mol. The molecule has 0 aromatic carbocycles. The van der Waals surface area contributed by atoms with E-state index < -0.39 is 73.0 Å². The highest BCUT2D eigenvalue weighted by atomic mass is 16.7. The molecule has 2 aliphatic rings. The fraction of sp³-hybridized carbons (Fsp3) is 0.667. The van der Waals surface area contributed by atoms with Crippen molar-refractivity contribution >= 4 is 11.9 Å². The number of carbonyl (C=O) groups is 2. The number of carbonyl (C=O) groups excluding carboxylic acids is 2. The molecule has 0 unspecified atom stereocenters. The lowest BCUT2D eigenvalue weighted by atomic mass is 9.99. The normalized spacial score (nSPS) is 38.0. The fourth-order valence-corrected chi connectivity index (χ4v) is 2.12. The van der Waals surface area contributed by atoms with E-state index in [-0.39, 0.29) is 0 Å². The number of aliphatic hydroxyl groups is 7. The molecule has 12 heteroatoms. The Morgan fingerprint density at radius 2 is 1.75 bits per heavy atom. The summed E-state index contributed by atoms with van der Waals surface area (Å²) >= 11 is 0. The van der Waals surface area contributed by atoms with Crippen LogP contribution in [-0.4, -0.2) is 97.2 Å². The van der Waals surface area contributed by atoms with E-state index in [1.165, 1.54) is 0 Å². The van der Waals surface area contributed by atoms with E-state index in [0.717, 1.165) is 0 Å².